The number of allylic oxidation sites excluding steroid dienone is 1. The van der Waals surface area contributed by atoms with Crippen molar-refractivity contribution in [2.45, 2.75) is 33.4 Å². The first-order valence-electron chi connectivity index (χ1n) is 9.63. The Morgan fingerprint density at radius 2 is 1.97 bits per heavy atom. The van der Waals surface area contributed by atoms with Gasteiger partial charge in [-0.2, -0.15) is 0 Å². The van der Waals surface area contributed by atoms with Gasteiger partial charge in [-0.1, -0.05) is 12.1 Å². The summed E-state index contributed by atoms with van der Waals surface area (Å²) in [4.78, 5) is 15.3. The molecule has 6 heteroatoms. The number of benzene rings is 2. The average molecular weight is 395 g/mol. The van der Waals surface area contributed by atoms with Crippen molar-refractivity contribution in [3.63, 3.8) is 0 Å². The molecular formula is C23H25NO5. The summed E-state index contributed by atoms with van der Waals surface area (Å²) >= 11 is 0. The summed E-state index contributed by atoms with van der Waals surface area (Å²) in [7, 11) is 3.15. The lowest BCUT2D eigenvalue weighted by Crippen LogP contribution is -2.37. The fraction of sp³-hybridized carbons (Fsp3) is 0.348. The van der Waals surface area contributed by atoms with Gasteiger partial charge in [0.25, 0.3) is 0 Å². The van der Waals surface area contributed by atoms with E-state index in [0.717, 1.165) is 23.4 Å². The van der Waals surface area contributed by atoms with Crippen molar-refractivity contribution < 1.29 is 23.7 Å². The van der Waals surface area contributed by atoms with Gasteiger partial charge in [0.2, 0.25) is 5.78 Å². The number of ether oxygens (including phenoxy) is 4. The van der Waals surface area contributed by atoms with Crippen LogP contribution in [-0.4, -0.2) is 37.7 Å². The molecule has 0 bridgehead atoms. The Morgan fingerprint density at radius 1 is 1.17 bits per heavy atom. The number of hydrogen-bond acceptors (Lipinski definition) is 6. The van der Waals surface area contributed by atoms with E-state index >= 15 is 0 Å². The highest BCUT2D eigenvalue weighted by molar-refractivity contribution is 6.15. The Morgan fingerprint density at radius 3 is 2.66 bits per heavy atom. The summed E-state index contributed by atoms with van der Waals surface area (Å²) in [5, 5.41) is 0. The zero-order chi connectivity index (χ0) is 20.7. The monoisotopic (exact) mass is 395 g/mol. The third kappa shape index (κ3) is 3.23. The molecule has 0 aromatic heterocycles. The van der Waals surface area contributed by atoms with Gasteiger partial charge in [-0.15, -0.1) is 0 Å². The maximum absolute atomic E-state index is 13.1. The van der Waals surface area contributed by atoms with Crippen LogP contribution in [0.4, 0.5) is 0 Å². The molecule has 2 aromatic carbocycles. The quantitative estimate of drug-likeness (QED) is 0.724. The molecule has 0 saturated carbocycles. The Labute approximate surface area is 170 Å². The van der Waals surface area contributed by atoms with Crippen LogP contribution < -0.4 is 18.9 Å². The first kappa shape index (κ1) is 19.3. The van der Waals surface area contributed by atoms with Crippen LogP contribution in [-0.2, 0) is 6.54 Å². The van der Waals surface area contributed by atoms with Crippen molar-refractivity contribution in [1.82, 2.24) is 4.90 Å². The fourth-order valence-electron chi connectivity index (χ4n) is 3.76. The SMILES string of the molecule is COc1cccc(/C=C2\Oc3c(cc4c(c3C)OCN(C(C)C)C4)C2=O)c1OC. The summed E-state index contributed by atoms with van der Waals surface area (Å²) < 4.78 is 22.8. The fourth-order valence-corrected chi connectivity index (χ4v) is 3.76. The second-order valence-corrected chi connectivity index (χ2v) is 7.50. The minimum absolute atomic E-state index is 0.141. The highest BCUT2D eigenvalue weighted by Crippen LogP contribution is 2.44. The minimum Gasteiger partial charge on any atom is -0.493 e. The second kappa shape index (κ2) is 7.44. The Kier molecular flexibility index (Phi) is 4.96. The van der Waals surface area contributed by atoms with E-state index in [1.165, 1.54) is 0 Å². The van der Waals surface area contributed by atoms with Gasteiger partial charge in [-0.05, 0) is 39.0 Å². The number of Topliss-reactive ketones (excluding diaryl/α,β-unsaturated/α-hetero) is 1. The first-order valence-corrected chi connectivity index (χ1v) is 9.63. The lowest BCUT2D eigenvalue weighted by atomic mass is 9.99. The highest BCUT2D eigenvalue weighted by Gasteiger charge is 2.34. The average Bonchev–Trinajstić information content (AvgIpc) is 3.03. The zero-order valence-electron chi connectivity index (χ0n) is 17.4. The van der Waals surface area contributed by atoms with Gasteiger partial charge in [-0.3, -0.25) is 9.69 Å². The molecule has 2 aliphatic heterocycles. The number of hydrogen-bond donors (Lipinski definition) is 0. The van der Waals surface area contributed by atoms with Crippen LogP contribution in [0.2, 0.25) is 0 Å². The Hall–Kier alpha value is -2.99. The summed E-state index contributed by atoms with van der Waals surface area (Å²) in [5.41, 5.74) is 3.16. The molecule has 4 rings (SSSR count). The van der Waals surface area contributed by atoms with E-state index in [0.29, 0.717) is 41.1 Å². The second-order valence-electron chi connectivity index (χ2n) is 7.50. The molecule has 29 heavy (non-hydrogen) atoms. The molecule has 0 saturated heterocycles. The van der Waals surface area contributed by atoms with Gasteiger partial charge in [0.1, 0.15) is 18.2 Å². The van der Waals surface area contributed by atoms with Crippen molar-refractivity contribution in [3.05, 3.63) is 52.3 Å². The van der Waals surface area contributed by atoms with Crippen molar-refractivity contribution in [3.8, 4) is 23.0 Å². The molecule has 2 aliphatic rings. The molecule has 152 valence electrons. The van der Waals surface area contributed by atoms with Crippen molar-refractivity contribution >= 4 is 11.9 Å². The maximum atomic E-state index is 13.1. The third-order valence-corrected chi connectivity index (χ3v) is 5.41. The largest absolute Gasteiger partial charge is 0.493 e. The van der Waals surface area contributed by atoms with Crippen molar-refractivity contribution in [2.24, 2.45) is 0 Å². The summed E-state index contributed by atoms with van der Waals surface area (Å²) in [6.07, 6.45) is 1.70. The molecule has 0 atom stereocenters. The van der Waals surface area contributed by atoms with E-state index in [1.807, 2.05) is 31.2 Å². The number of carbonyl (C=O) groups is 1. The molecule has 2 aromatic rings. The van der Waals surface area contributed by atoms with Crippen LogP contribution in [0.25, 0.3) is 6.08 Å². The van der Waals surface area contributed by atoms with Gasteiger partial charge < -0.3 is 18.9 Å². The van der Waals surface area contributed by atoms with E-state index < -0.39 is 0 Å². The Balaban J connectivity index is 1.73. The molecule has 0 unspecified atom stereocenters. The number of carbonyl (C=O) groups excluding carboxylic acids is 1. The summed E-state index contributed by atoms with van der Waals surface area (Å²) in [6, 6.07) is 7.77. The molecule has 0 N–H and O–H groups in total. The number of ketones is 1. The number of fused-ring (bicyclic) bond motifs is 2. The number of nitrogens with zero attached hydrogens (tertiary/aromatic N) is 1. The van der Waals surface area contributed by atoms with E-state index in [2.05, 4.69) is 18.7 Å². The molecule has 2 heterocycles. The van der Waals surface area contributed by atoms with Crippen molar-refractivity contribution in [1.29, 1.82) is 0 Å². The molecule has 6 nitrogen and oxygen atoms in total. The number of methoxy groups -OCH3 is 2. The summed E-state index contributed by atoms with van der Waals surface area (Å²) in [5.74, 6) is 2.66. The van der Waals surface area contributed by atoms with Gasteiger partial charge in [0.15, 0.2) is 17.3 Å². The normalized spacial score (nSPS) is 17.0. The van der Waals surface area contributed by atoms with Gasteiger partial charge in [-0.25, -0.2) is 0 Å². The smallest absolute Gasteiger partial charge is 0.231 e. The maximum Gasteiger partial charge on any atom is 0.231 e. The lowest BCUT2D eigenvalue weighted by Gasteiger charge is -2.32. The van der Waals surface area contributed by atoms with Gasteiger partial charge >= 0.3 is 0 Å². The van der Waals surface area contributed by atoms with E-state index in [9.17, 15) is 4.79 Å². The van der Waals surface area contributed by atoms with Crippen molar-refractivity contribution in [2.75, 3.05) is 21.0 Å². The Bertz CT molecular complexity index is 1010. The van der Waals surface area contributed by atoms with Crippen LogP contribution in [0.1, 0.15) is 40.9 Å². The molecular weight excluding hydrogens is 370 g/mol. The predicted octanol–water partition coefficient (Wildman–Crippen LogP) is 4.19. The van der Waals surface area contributed by atoms with Crippen LogP contribution in [0.15, 0.2) is 30.0 Å². The number of rotatable bonds is 4. The molecule has 0 spiro atoms. The van der Waals surface area contributed by atoms with Gasteiger partial charge in [0, 0.05) is 29.3 Å². The predicted molar refractivity (Wildman–Crippen MR) is 110 cm³/mol. The molecule has 0 aliphatic carbocycles. The van der Waals surface area contributed by atoms with Gasteiger partial charge in [0.05, 0.1) is 19.8 Å². The lowest BCUT2D eigenvalue weighted by molar-refractivity contribution is 0.0678. The zero-order valence-corrected chi connectivity index (χ0v) is 17.4. The van der Waals surface area contributed by atoms with E-state index in [-0.39, 0.29) is 11.5 Å². The molecule has 0 radical (unpaired) electrons. The van der Waals surface area contributed by atoms with Crippen LogP contribution in [0, 0.1) is 6.92 Å². The number of para-hydroxylation sites is 1. The van der Waals surface area contributed by atoms with Crippen LogP contribution >= 0.6 is 0 Å². The minimum atomic E-state index is -0.141. The van der Waals surface area contributed by atoms with E-state index in [1.54, 1.807) is 20.3 Å². The van der Waals surface area contributed by atoms with E-state index in [4.69, 9.17) is 18.9 Å². The first-order chi connectivity index (χ1) is 13.9. The third-order valence-electron chi connectivity index (χ3n) is 5.41. The van der Waals surface area contributed by atoms with Crippen LogP contribution in [0.5, 0.6) is 23.0 Å². The van der Waals surface area contributed by atoms with Crippen LogP contribution in [0.3, 0.4) is 0 Å². The summed E-state index contributed by atoms with van der Waals surface area (Å²) in [6.45, 7) is 7.47. The molecule has 0 fully saturated rings. The molecule has 0 amide bonds. The highest BCUT2D eigenvalue weighted by atomic mass is 16.5. The standard InChI is InChI=1S/C23H25NO5/c1-13(2)24-11-16-9-17-20(25)19(29-22(17)14(3)21(16)28-12-24)10-15-7-6-8-18(26-4)23(15)27-5/h6-10,13H,11-12H2,1-5H3/b19-10-. The topological polar surface area (TPSA) is 57.2 Å².